The van der Waals surface area contributed by atoms with Crippen LogP contribution in [-0.4, -0.2) is 16.0 Å². The van der Waals surface area contributed by atoms with Gasteiger partial charge in [0, 0.05) is 22.7 Å². The van der Waals surface area contributed by atoms with Gasteiger partial charge in [-0.05, 0) is 24.6 Å². The summed E-state index contributed by atoms with van der Waals surface area (Å²) in [6.45, 7) is 2.06. The first-order chi connectivity index (χ1) is 10.5. The molecule has 2 rings (SSSR count). The van der Waals surface area contributed by atoms with Crippen LogP contribution in [0.4, 0.5) is 11.4 Å². The van der Waals surface area contributed by atoms with Crippen molar-refractivity contribution in [2.24, 2.45) is 0 Å². The number of nitrogen functional groups attached to an aromatic ring is 1. The van der Waals surface area contributed by atoms with Crippen molar-refractivity contribution in [2.75, 3.05) is 5.73 Å². The average molecular weight is 318 g/mol. The first-order valence-corrected chi connectivity index (χ1v) is 7.66. The van der Waals surface area contributed by atoms with Crippen LogP contribution in [-0.2, 0) is 0 Å². The van der Waals surface area contributed by atoms with Crippen LogP contribution < -0.4 is 5.73 Å². The summed E-state index contributed by atoms with van der Waals surface area (Å²) < 4.78 is 0. The number of hydrogen-bond donors (Lipinski definition) is 2. The zero-order valence-electron chi connectivity index (χ0n) is 12.3. The number of hydrogen-bond acceptors (Lipinski definition) is 5. The zero-order valence-corrected chi connectivity index (χ0v) is 13.2. The minimum Gasteiger partial charge on any atom is -0.398 e. The minimum atomic E-state index is -0.452. The fraction of sp³-hybridized carbons (Fsp3) is 0.312. The van der Waals surface area contributed by atoms with Gasteiger partial charge >= 0.3 is 0 Å². The van der Waals surface area contributed by atoms with Crippen molar-refractivity contribution in [1.29, 1.82) is 0 Å². The molecule has 0 heterocycles. The van der Waals surface area contributed by atoms with E-state index < -0.39 is 4.92 Å². The van der Waals surface area contributed by atoms with Gasteiger partial charge in [0.15, 0.2) is 5.78 Å². The Morgan fingerprint density at radius 2 is 2.05 bits per heavy atom. The second kappa shape index (κ2) is 6.79. The van der Waals surface area contributed by atoms with Gasteiger partial charge in [0.25, 0.3) is 5.69 Å². The number of thiol groups is 1. The molecule has 0 saturated carbocycles. The number of rotatable bonds is 6. The highest BCUT2D eigenvalue weighted by molar-refractivity contribution is 7.81. The maximum atomic E-state index is 12.4. The molecular formula is C16H18N2O3S. The predicted octanol–water partition coefficient (Wildman–Crippen LogP) is 4.00. The number of benzene rings is 2. The Morgan fingerprint density at radius 3 is 2.68 bits per heavy atom. The normalized spacial score (nSPS) is 12.3. The summed E-state index contributed by atoms with van der Waals surface area (Å²) in [5.74, 6) is -0.0791. The third kappa shape index (κ3) is 3.22. The van der Waals surface area contributed by atoms with Crippen LogP contribution in [0.25, 0.3) is 10.8 Å². The van der Waals surface area contributed by atoms with E-state index in [1.165, 1.54) is 12.1 Å². The number of nitro benzene ring substituents is 1. The topological polar surface area (TPSA) is 86.2 Å². The Hall–Kier alpha value is -2.08. The van der Waals surface area contributed by atoms with E-state index in [4.69, 9.17) is 5.73 Å². The smallest absolute Gasteiger partial charge is 0.277 e. The molecule has 0 bridgehead atoms. The number of Topliss-reactive ketones (excluding diaryl/α,β-unsaturated/α-hetero) is 1. The van der Waals surface area contributed by atoms with Crippen molar-refractivity contribution in [3.8, 4) is 0 Å². The molecule has 2 aromatic rings. The first kappa shape index (κ1) is 16.3. The van der Waals surface area contributed by atoms with Crippen molar-refractivity contribution >= 4 is 40.6 Å². The van der Waals surface area contributed by atoms with Crippen LogP contribution in [0.1, 0.15) is 36.5 Å². The number of non-ortho nitro benzene ring substituents is 1. The van der Waals surface area contributed by atoms with Crippen LogP contribution in [0.5, 0.6) is 0 Å². The fourth-order valence-corrected chi connectivity index (χ4v) is 2.72. The largest absolute Gasteiger partial charge is 0.398 e. The van der Waals surface area contributed by atoms with E-state index in [9.17, 15) is 14.9 Å². The van der Waals surface area contributed by atoms with Gasteiger partial charge in [-0.3, -0.25) is 14.9 Å². The van der Waals surface area contributed by atoms with E-state index >= 15 is 0 Å². The van der Waals surface area contributed by atoms with Crippen molar-refractivity contribution in [3.05, 3.63) is 46.0 Å². The van der Waals surface area contributed by atoms with E-state index in [0.29, 0.717) is 28.4 Å². The summed E-state index contributed by atoms with van der Waals surface area (Å²) in [6, 6.07) is 7.67. The summed E-state index contributed by atoms with van der Waals surface area (Å²) in [7, 11) is 0. The molecule has 1 unspecified atom stereocenters. The average Bonchev–Trinajstić information content (AvgIpc) is 2.51. The molecule has 6 heteroatoms. The van der Waals surface area contributed by atoms with Crippen molar-refractivity contribution in [2.45, 2.75) is 31.4 Å². The quantitative estimate of drug-likeness (QED) is 0.277. The molecule has 0 spiro atoms. The van der Waals surface area contributed by atoms with Gasteiger partial charge in [-0.25, -0.2) is 0 Å². The molecule has 0 radical (unpaired) electrons. The van der Waals surface area contributed by atoms with Gasteiger partial charge in [-0.1, -0.05) is 25.8 Å². The van der Waals surface area contributed by atoms with E-state index in [1.807, 2.05) is 0 Å². The Balaban J connectivity index is 2.44. The molecule has 0 aliphatic heterocycles. The molecule has 0 aliphatic rings. The van der Waals surface area contributed by atoms with Crippen LogP contribution >= 0.6 is 12.6 Å². The van der Waals surface area contributed by atoms with Gasteiger partial charge in [0.2, 0.25) is 0 Å². The number of nitro groups is 1. The molecule has 116 valence electrons. The number of anilines is 1. The van der Waals surface area contributed by atoms with Crippen molar-refractivity contribution < 1.29 is 9.72 Å². The van der Waals surface area contributed by atoms with Gasteiger partial charge < -0.3 is 5.73 Å². The molecule has 0 amide bonds. The van der Waals surface area contributed by atoms with Gasteiger partial charge in [0.05, 0.1) is 15.6 Å². The number of nitrogens with two attached hydrogens (primary N) is 1. The number of nitrogens with zero attached hydrogens (tertiary/aromatic N) is 1. The van der Waals surface area contributed by atoms with Crippen LogP contribution in [0, 0.1) is 10.1 Å². The summed E-state index contributed by atoms with van der Waals surface area (Å²) in [4.78, 5) is 23.0. The summed E-state index contributed by atoms with van der Waals surface area (Å²) in [5, 5.41) is 11.7. The molecule has 0 saturated heterocycles. The van der Waals surface area contributed by atoms with E-state index in [2.05, 4.69) is 19.6 Å². The fourth-order valence-electron chi connectivity index (χ4n) is 2.39. The standard InChI is InChI=1S/C16H18N2O3S/c1-2-3-4-15(22)16(19)10-5-6-11-12(9-10)13(17)7-8-14(11)18(20)21/h5-9,15,22H,2-4,17H2,1H3. The van der Waals surface area contributed by atoms with E-state index in [-0.39, 0.29) is 16.7 Å². The maximum absolute atomic E-state index is 12.4. The van der Waals surface area contributed by atoms with Crippen molar-refractivity contribution in [3.63, 3.8) is 0 Å². The van der Waals surface area contributed by atoms with Gasteiger partial charge in [0.1, 0.15) is 0 Å². The lowest BCUT2D eigenvalue weighted by atomic mass is 9.99. The monoisotopic (exact) mass is 318 g/mol. The van der Waals surface area contributed by atoms with E-state index in [1.54, 1.807) is 18.2 Å². The van der Waals surface area contributed by atoms with Gasteiger partial charge in [-0.15, -0.1) is 0 Å². The minimum absolute atomic E-state index is 0.0170. The van der Waals surface area contributed by atoms with E-state index in [0.717, 1.165) is 12.8 Å². The summed E-state index contributed by atoms with van der Waals surface area (Å²) >= 11 is 4.35. The molecule has 0 aromatic heterocycles. The molecule has 2 aromatic carbocycles. The second-order valence-corrected chi connectivity index (χ2v) is 5.84. The lowest BCUT2D eigenvalue weighted by Gasteiger charge is -2.10. The number of carbonyl (C=O) groups excluding carboxylic acids is 1. The number of carbonyl (C=O) groups is 1. The Bertz CT molecular complexity index is 731. The van der Waals surface area contributed by atoms with Crippen LogP contribution in [0.15, 0.2) is 30.3 Å². The molecular weight excluding hydrogens is 300 g/mol. The zero-order chi connectivity index (χ0) is 16.3. The lowest BCUT2D eigenvalue weighted by molar-refractivity contribution is -0.383. The molecule has 2 N–H and O–H groups in total. The highest BCUT2D eigenvalue weighted by Crippen LogP contribution is 2.31. The molecule has 1 atom stereocenters. The Labute approximate surface area is 134 Å². The first-order valence-electron chi connectivity index (χ1n) is 7.14. The lowest BCUT2D eigenvalue weighted by Crippen LogP contribution is -2.14. The predicted molar refractivity (Wildman–Crippen MR) is 91.6 cm³/mol. The van der Waals surface area contributed by atoms with Crippen LogP contribution in [0.2, 0.25) is 0 Å². The number of unbranched alkanes of at least 4 members (excludes halogenated alkanes) is 1. The maximum Gasteiger partial charge on any atom is 0.277 e. The van der Waals surface area contributed by atoms with Crippen molar-refractivity contribution in [1.82, 2.24) is 0 Å². The highest BCUT2D eigenvalue weighted by Gasteiger charge is 2.19. The second-order valence-electron chi connectivity index (χ2n) is 5.21. The molecule has 5 nitrogen and oxygen atoms in total. The number of fused-ring (bicyclic) bond motifs is 1. The van der Waals surface area contributed by atoms with Gasteiger partial charge in [-0.2, -0.15) is 12.6 Å². The highest BCUT2D eigenvalue weighted by atomic mass is 32.1. The van der Waals surface area contributed by atoms with Crippen LogP contribution in [0.3, 0.4) is 0 Å². The summed E-state index contributed by atoms with van der Waals surface area (Å²) in [6.07, 6.45) is 2.64. The Kier molecular flexibility index (Phi) is 5.03. The molecule has 0 fully saturated rings. The number of ketones is 1. The summed E-state index contributed by atoms with van der Waals surface area (Å²) in [5.41, 5.74) is 6.78. The Morgan fingerprint density at radius 1 is 1.32 bits per heavy atom. The third-order valence-corrected chi connectivity index (χ3v) is 4.13. The SMILES string of the molecule is CCCCC(S)C(=O)c1ccc2c([N+](=O)[O-])ccc(N)c2c1. The molecule has 22 heavy (non-hydrogen) atoms. The third-order valence-electron chi connectivity index (χ3n) is 3.64. The molecule has 0 aliphatic carbocycles.